The second-order valence-electron chi connectivity index (χ2n) is 6.74. The van der Waals surface area contributed by atoms with Crippen LogP contribution in [0.3, 0.4) is 0 Å². The standard InChI is InChI=1S/C23H18ClN5O2/c1-14-2-6-17(12-26-14)31-21-8-5-16(11-19(21)24)29-23-18-10-15(4-9-22(25)30)3-7-20(18)27-13-28-23/h2-13H,1H3,(H2,25,30)(H,27,28,29). The fourth-order valence-corrected chi connectivity index (χ4v) is 3.11. The first-order valence-corrected chi connectivity index (χ1v) is 9.75. The van der Waals surface area contributed by atoms with Crippen molar-refractivity contribution >= 4 is 46.0 Å². The molecule has 1 amide bonds. The molecule has 0 spiro atoms. The number of anilines is 2. The van der Waals surface area contributed by atoms with Gasteiger partial charge in [0.25, 0.3) is 0 Å². The molecule has 4 rings (SSSR count). The molecule has 2 heterocycles. The van der Waals surface area contributed by atoms with Gasteiger partial charge in [0.1, 0.15) is 23.6 Å². The molecule has 2 aromatic carbocycles. The van der Waals surface area contributed by atoms with Crippen molar-refractivity contribution in [3.63, 3.8) is 0 Å². The third-order valence-corrected chi connectivity index (χ3v) is 4.70. The molecule has 0 aliphatic rings. The Labute approximate surface area is 183 Å². The van der Waals surface area contributed by atoms with E-state index in [0.717, 1.165) is 27.8 Å². The Bertz CT molecular complexity index is 1290. The molecule has 154 valence electrons. The predicted molar refractivity (Wildman–Crippen MR) is 122 cm³/mol. The Kier molecular flexibility index (Phi) is 5.77. The molecular weight excluding hydrogens is 414 g/mol. The van der Waals surface area contributed by atoms with Crippen molar-refractivity contribution in [3.05, 3.63) is 83.4 Å². The van der Waals surface area contributed by atoms with Gasteiger partial charge < -0.3 is 15.8 Å². The van der Waals surface area contributed by atoms with Gasteiger partial charge in [-0.1, -0.05) is 17.7 Å². The highest BCUT2D eigenvalue weighted by Gasteiger charge is 2.09. The molecule has 0 saturated carbocycles. The average Bonchev–Trinajstić information content (AvgIpc) is 2.76. The zero-order chi connectivity index (χ0) is 21.8. The topological polar surface area (TPSA) is 103 Å². The molecular formula is C23H18ClN5O2. The van der Waals surface area contributed by atoms with Crippen molar-refractivity contribution in [2.24, 2.45) is 5.73 Å². The zero-order valence-electron chi connectivity index (χ0n) is 16.5. The first-order valence-electron chi connectivity index (χ1n) is 9.37. The third kappa shape index (κ3) is 4.96. The van der Waals surface area contributed by atoms with Crippen LogP contribution in [0.25, 0.3) is 17.0 Å². The van der Waals surface area contributed by atoms with Crippen molar-refractivity contribution in [1.29, 1.82) is 0 Å². The van der Waals surface area contributed by atoms with E-state index in [9.17, 15) is 4.79 Å². The van der Waals surface area contributed by atoms with Crippen molar-refractivity contribution < 1.29 is 9.53 Å². The highest BCUT2D eigenvalue weighted by Crippen LogP contribution is 2.33. The number of benzene rings is 2. The lowest BCUT2D eigenvalue weighted by Gasteiger charge is -2.12. The van der Waals surface area contributed by atoms with Gasteiger partial charge in [0.05, 0.1) is 16.7 Å². The van der Waals surface area contributed by atoms with Crippen LogP contribution in [0.2, 0.25) is 5.02 Å². The molecule has 0 aliphatic carbocycles. The molecule has 2 aromatic heterocycles. The Balaban J connectivity index is 1.59. The molecule has 0 radical (unpaired) electrons. The van der Waals surface area contributed by atoms with Gasteiger partial charge in [0.2, 0.25) is 5.91 Å². The Morgan fingerprint density at radius 1 is 1.10 bits per heavy atom. The highest BCUT2D eigenvalue weighted by atomic mass is 35.5. The summed E-state index contributed by atoms with van der Waals surface area (Å²) in [6.07, 6.45) is 6.07. The Morgan fingerprint density at radius 3 is 2.71 bits per heavy atom. The van der Waals surface area contributed by atoms with E-state index in [0.29, 0.717) is 22.3 Å². The maximum absolute atomic E-state index is 11.0. The monoisotopic (exact) mass is 431 g/mol. The van der Waals surface area contributed by atoms with Crippen LogP contribution in [0.1, 0.15) is 11.3 Å². The minimum Gasteiger partial charge on any atom is -0.454 e. The average molecular weight is 432 g/mol. The van der Waals surface area contributed by atoms with Gasteiger partial charge >= 0.3 is 0 Å². The van der Waals surface area contributed by atoms with E-state index in [1.54, 1.807) is 24.4 Å². The molecule has 3 N–H and O–H groups in total. The molecule has 0 atom stereocenters. The summed E-state index contributed by atoms with van der Waals surface area (Å²) in [5.74, 6) is 1.21. The number of carbonyl (C=O) groups is 1. The molecule has 0 saturated heterocycles. The van der Waals surface area contributed by atoms with Crippen LogP contribution in [0.4, 0.5) is 11.5 Å². The second kappa shape index (κ2) is 8.81. The summed E-state index contributed by atoms with van der Waals surface area (Å²) in [7, 11) is 0. The smallest absolute Gasteiger partial charge is 0.241 e. The van der Waals surface area contributed by atoms with Crippen LogP contribution >= 0.6 is 11.6 Å². The maximum Gasteiger partial charge on any atom is 0.241 e. The van der Waals surface area contributed by atoms with Crippen LogP contribution in [-0.2, 0) is 4.79 Å². The summed E-state index contributed by atoms with van der Waals surface area (Å²) >= 11 is 6.42. The van der Waals surface area contributed by atoms with Gasteiger partial charge in [-0.15, -0.1) is 0 Å². The molecule has 0 fully saturated rings. The molecule has 31 heavy (non-hydrogen) atoms. The number of nitrogens with zero attached hydrogens (tertiary/aromatic N) is 3. The van der Waals surface area contributed by atoms with E-state index >= 15 is 0 Å². The summed E-state index contributed by atoms with van der Waals surface area (Å²) in [6, 6.07) is 14.6. The first-order chi connectivity index (χ1) is 15.0. The number of nitrogens with two attached hydrogens (primary N) is 1. The van der Waals surface area contributed by atoms with Gasteiger partial charge in [-0.3, -0.25) is 9.78 Å². The number of aryl methyl sites for hydroxylation is 1. The number of amides is 1. The molecule has 0 unspecified atom stereocenters. The predicted octanol–water partition coefficient (Wildman–Crippen LogP) is 5.02. The number of primary amides is 1. The quantitative estimate of drug-likeness (QED) is 0.415. The summed E-state index contributed by atoms with van der Waals surface area (Å²) in [5, 5.41) is 4.49. The minimum absolute atomic E-state index is 0.439. The number of carbonyl (C=O) groups excluding carboxylic acids is 1. The fourth-order valence-electron chi connectivity index (χ4n) is 2.90. The van der Waals surface area contributed by atoms with Gasteiger partial charge in [0.15, 0.2) is 0 Å². The van der Waals surface area contributed by atoms with Crippen LogP contribution in [0, 0.1) is 6.92 Å². The lowest BCUT2D eigenvalue weighted by Crippen LogP contribution is -2.05. The van der Waals surface area contributed by atoms with Crippen LogP contribution in [-0.4, -0.2) is 20.9 Å². The van der Waals surface area contributed by atoms with E-state index in [1.165, 1.54) is 12.4 Å². The molecule has 0 aliphatic heterocycles. The van der Waals surface area contributed by atoms with E-state index in [2.05, 4.69) is 20.3 Å². The fraction of sp³-hybridized carbons (Fsp3) is 0.0435. The number of hydrogen-bond donors (Lipinski definition) is 2. The SMILES string of the molecule is Cc1ccc(Oc2ccc(Nc3ncnc4ccc(C=CC(N)=O)cc34)cc2Cl)cn1. The van der Waals surface area contributed by atoms with E-state index in [1.807, 2.05) is 43.3 Å². The summed E-state index contributed by atoms with van der Waals surface area (Å²) < 4.78 is 5.81. The van der Waals surface area contributed by atoms with Gasteiger partial charge in [-0.2, -0.15) is 0 Å². The summed E-state index contributed by atoms with van der Waals surface area (Å²) in [5.41, 5.74) is 8.38. The minimum atomic E-state index is -0.513. The highest BCUT2D eigenvalue weighted by molar-refractivity contribution is 6.32. The number of fused-ring (bicyclic) bond motifs is 1. The van der Waals surface area contributed by atoms with Gasteiger partial charge in [0, 0.05) is 22.8 Å². The van der Waals surface area contributed by atoms with Crippen molar-refractivity contribution in [2.45, 2.75) is 6.92 Å². The second-order valence-corrected chi connectivity index (χ2v) is 7.15. The number of hydrogen-bond acceptors (Lipinski definition) is 6. The molecule has 8 heteroatoms. The van der Waals surface area contributed by atoms with Crippen LogP contribution < -0.4 is 15.8 Å². The number of aromatic nitrogens is 3. The normalized spacial score (nSPS) is 11.0. The third-order valence-electron chi connectivity index (χ3n) is 4.41. The van der Waals surface area contributed by atoms with Crippen molar-refractivity contribution in [1.82, 2.24) is 15.0 Å². The molecule has 0 bridgehead atoms. The van der Waals surface area contributed by atoms with Crippen molar-refractivity contribution in [3.8, 4) is 11.5 Å². The Morgan fingerprint density at radius 2 is 1.97 bits per heavy atom. The van der Waals surface area contributed by atoms with E-state index in [-0.39, 0.29) is 0 Å². The molecule has 7 nitrogen and oxygen atoms in total. The number of nitrogens with one attached hydrogen (secondary N) is 1. The number of halogens is 1. The largest absolute Gasteiger partial charge is 0.454 e. The zero-order valence-corrected chi connectivity index (χ0v) is 17.3. The lowest BCUT2D eigenvalue weighted by atomic mass is 10.1. The summed E-state index contributed by atoms with van der Waals surface area (Å²) in [6.45, 7) is 1.91. The van der Waals surface area contributed by atoms with Crippen LogP contribution in [0.5, 0.6) is 11.5 Å². The van der Waals surface area contributed by atoms with E-state index in [4.69, 9.17) is 22.1 Å². The van der Waals surface area contributed by atoms with Gasteiger partial charge in [-0.25, -0.2) is 9.97 Å². The van der Waals surface area contributed by atoms with E-state index < -0.39 is 5.91 Å². The number of ether oxygens (including phenoxy) is 1. The number of pyridine rings is 1. The van der Waals surface area contributed by atoms with Gasteiger partial charge in [-0.05, 0) is 61.0 Å². The lowest BCUT2D eigenvalue weighted by molar-refractivity contribution is -0.113. The van der Waals surface area contributed by atoms with Crippen LogP contribution in [0.15, 0.2) is 67.1 Å². The van der Waals surface area contributed by atoms with Crippen molar-refractivity contribution in [2.75, 3.05) is 5.32 Å². The molecule has 4 aromatic rings. The summed E-state index contributed by atoms with van der Waals surface area (Å²) in [4.78, 5) is 23.9. The number of rotatable bonds is 6. The Hall–Kier alpha value is -3.97. The first kappa shape index (κ1) is 20.3. The maximum atomic E-state index is 11.0.